The number of ether oxygens (including phenoxy) is 2. The molecule has 4 nitrogen and oxygen atoms in total. The fourth-order valence-electron chi connectivity index (χ4n) is 3.35. The van der Waals surface area contributed by atoms with Crippen LogP contribution < -0.4 is 9.47 Å². The van der Waals surface area contributed by atoms with Crippen LogP contribution in [-0.4, -0.2) is 42.4 Å². The van der Waals surface area contributed by atoms with E-state index in [1.165, 1.54) is 19.3 Å². The lowest BCUT2D eigenvalue weighted by molar-refractivity contribution is 0.112. The number of benzene rings is 1. The first kappa shape index (κ1) is 15.9. The van der Waals surface area contributed by atoms with Gasteiger partial charge in [0.1, 0.15) is 0 Å². The third-order valence-corrected chi connectivity index (χ3v) is 4.74. The van der Waals surface area contributed by atoms with Crippen LogP contribution >= 0.6 is 11.6 Å². The minimum atomic E-state index is 0.253. The summed E-state index contributed by atoms with van der Waals surface area (Å²) >= 11 is 6.37. The van der Waals surface area contributed by atoms with Gasteiger partial charge in [0, 0.05) is 25.6 Å². The Labute approximate surface area is 137 Å². The van der Waals surface area contributed by atoms with Gasteiger partial charge in [0.05, 0.1) is 18.2 Å². The molecule has 2 aliphatic heterocycles. The topological polar surface area (TPSA) is 41.9 Å². The monoisotopic (exact) mass is 325 g/mol. The smallest absolute Gasteiger partial charge is 0.179 e. The first-order chi connectivity index (χ1) is 10.8. The molecule has 1 atom stereocenters. The summed E-state index contributed by atoms with van der Waals surface area (Å²) in [5.74, 6) is 1.43. The van der Waals surface area contributed by atoms with Gasteiger partial charge in [-0.1, -0.05) is 18.0 Å². The van der Waals surface area contributed by atoms with Gasteiger partial charge in [0.15, 0.2) is 11.5 Å². The highest BCUT2D eigenvalue weighted by molar-refractivity contribution is 6.32. The van der Waals surface area contributed by atoms with Gasteiger partial charge < -0.3 is 14.6 Å². The van der Waals surface area contributed by atoms with E-state index in [4.69, 9.17) is 21.1 Å². The van der Waals surface area contributed by atoms with E-state index in [9.17, 15) is 5.11 Å². The second-order valence-electron chi connectivity index (χ2n) is 6.09. The zero-order valence-corrected chi connectivity index (χ0v) is 13.6. The van der Waals surface area contributed by atoms with Crippen LogP contribution in [0.1, 0.15) is 37.7 Å². The Morgan fingerprint density at radius 2 is 2.05 bits per heavy atom. The minimum absolute atomic E-state index is 0.253. The molecule has 0 aromatic heterocycles. The SMILES string of the molecule is OCCC1CCCCN1Cc1cc(Cl)c2c(c1)OCCCO2. The summed E-state index contributed by atoms with van der Waals surface area (Å²) in [6.07, 6.45) is 5.37. The predicted octanol–water partition coefficient (Wildman–Crippen LogP) is 3.24. The molecule has 1 fully saturated rings. The third kappa shape index (κ3) is 3.67. The molecule has 0 aliphatic carbocycles. The number of aliphatic hydroxyl groups is 1. The van der Waals surface area contributed by atoms with Crippen molar-refractivity contribution in [3.05, 3.63) is 22.7 Å². The zero-order valence-electron chi connectivity index (χ0n) is 12.9. The molecule has 0 saturated carbocycles. The van der Waals surface area contributed by atoms with Crippen molar-refractivity contribution in [2.45, 2.75) is 44.7 Å². The van der Waals surface area contributed by atoms with Gasteiger partial charge in [0.25, 0.3) is 0 Å². The number of nitrogens with zero attached hydrogens (tertiary/aromatic N) is 1. The average molecular weight is 326 g/mol. The van der Waals surface area contributed by atoms with Crippen LogP contribution in [0, 0.1) is 0 Å². The first-order valence-electron chi connectivity index (χ1n) is 8.21. The van der Waals surface area contributed by atoms with Crippen molar-refractivity contribution in [3.63, 3.8) is 0 Å². The summed E-state index contributed by atoms with van der Waals surface area (Å²) in [5, 5.41) is 9.88. The van der Waals surface area contributed by atoms with E-state index in [2.05, 4.69) is 11.0 Å². The lowest BCUT2D eigenvalue weighted by Gasteiger charge is -2.35. The number of hydrogen-bond donors (Lipinski definition) is 1. The molecule has 1 saturated heterocycles. The third-order valence-electron chi connectivity index (χ3n) is 4.46. The minimum Gasteiger partial charge on any atom is -0.489 e. The predicted molar refractivity (Wildman–Crippen MR) is 86.8 cm³/mol. The summed E-state index contributed by atoms with van der Waals surface area (Å²) in [7, 11) is 0. The molecule has 2 aliphatic rings. The highest BCUT2D eigenvalue weighted by Gasteiger charge is 2.23. The normalized spacial score (nSPS) is 22.4. The lowest BCUT2D eigenvalue weighted by atomic mass is 9.98. The van der Waals surface area contributed by atoms with Crippen molar-refractivity contribution < 1.29 is 14.6 Å². The molecule has 2 heterocycles. The number of hydrogen-bond acceptors (Lipinski definition) is 4. The summed E-state index contributed by atoms with van der Waals surface area (Å²) in [6, 6.07) is 4.50. The van der Waals surface area contributed by atoms with Crippen molar-refractivity contribution in [1.29, 1.82) is 0 Å². The van der Waals surface area contributed by atoms with Crippen LogP contribution in [0.2, 0.25) is 5.02 Å². The molecule has 0 spiro atoms. The van der Waals surface area contributed by atoms with Gasteiger partial charge >= 0.3 is 0 Å². The maximum Gasteiger partial charge on any atom is 0.179 e. The Hall–Kier alpha value is -0.970. The average Bonchev–Trinajstić information content (AvgIpc) is 2.75. The Morgan fingerprint density at radius 1 is 1.18 bits per heavy atom. The molecule has 22 heavy (non-hydrogen) atoms. The van der Waals surface area contributed by atoms with Crippen LogP contribution in [0.25, 0.3) is 0 Å². The van der Waals surface area contributed by atoms with Crippen molar-refractivity contribution >= 4 is 11.6 Å². The highest BCUT2D eigenvalue weighted by Crippen LogP contribution is 2.38. The quantitative estimate of drug-likeness (QED) is 0.922. The van der Waals surface area contributed by atoms with E-state index in [0.717, 1.165) is 37.2 Å². The molecule has 3 rings (SSSR count). The number of piperidine rings is 1. The standard InChI is InChI=1S/C17H24ClNO3/c18-15-10-13(11-16-17(15)22-9-3-8-21-16)12-19-6-2-1-4-14(19)5-7-20/h10-11,14,20H,1-9,12H2. The second kappa shape index (κ2) is 7.53. The molecule has 1 aromatic rings. The fraction of sp³-hybridized carbons (Fsp3) is 0.647. The van der Waals surface area contributed by atoms with E-state index in [1.54, 1.807) is 0 Å². The van der Waals surface area contributed by atoms with E-state index in [-0.39, 0.29) is 6.61 Å². The summed E-state index contributed by atoms with van der Waals surface area (Å²) in [6.45, 7) is 3.50. The van der Waals surface area contributed by atoms with E-state index >= 15 is 0 Å². The Kier molecular flexibility index (Phi) is 5.45. The zero-order chi connectivity index (χ0) is 15.4. The number of likely N-dealkylation sites (tertiary alicyclic amines) is 1. The molecular weight excluding hydrogens is 302 g/mol. The van der Waals surface area contributed by atoms with Gasteiger partial charge in [-0.25, -0.2) is 0 Å². The van der Waals surface area contributed by atoms with Crippen molar-refractivity contribution in [3.8, 4) is 11.5 Å². The molecule has 1 N–H and O–H groups in total. The van der Waals surface area contributed by atoms with Crippen LogP contribution in [0.3, 0.4) is 0 Å². The van der Waals surface area contributed by atoms with Gasteiger partial charge in [-0.15, -0.1) is 0 Å². The van der Waals surface area contributed by atoms with Crippen molar-refractivity contribution in [2.75, 3.05) is 26.4 Å². The molecule has 0 amide bonds. The molecule has 1 aromatic carbocycles. The van der Waals surface area contributed by atoms with Crippen LogP contribution in [0.4, 0.5) is 0 Å². The Morgan fingerprint density at radius 3 is 2.91 bits per heavy atom. The van der Waals surface area contributed by atoms with Gasteiger partial charge in [-0.3, -0.25) is 4.90 Å². The Balaban J connectivity index is 1.76. The van der Waals surface area contributed by atoms with Crippen LogP contribution in [0.5, 0.6) is 11.5 Å². The van der Waals surface area contributed by atoms with Gasteiger partial charge in [-0.2, -0.15) is 0 Å². The van der Waals surface area contributed by atoms with Crippen LogP contribution in [0.15, 0.2) is 12.1 Å². The number of halogens is 1. The van der Waals surface area contributed by atoms with Gasteiger partial charge in [0.2, 0.25) is 0 Å². The molecular formula is C17H24ClNO3. The molecule has 5 heteroatoms. The number of fused-ring (bicyclic) bond motifs is 1. The summed E-state index contributed by atoms with van der Waals surface area (Å²) in [5.41, 5.74) is 1.15. The molecule has 0 bridgehead atoms. The summed E-state index contributed by atoms with van der Waals surface area (Å²) in [4.78, 5) is 2.45. The van der Waals surface area contributed by atoms with E-state index in [1.807, 2.05) is 6.07 Å². The maximum absolute atomic E-state index is 9.25. The molecule has 122 valence electrons. The number of aliphatic hydroxyl groups excluding tert-OH is 1. The lowest BCUT2D eigenvalue weighted by Crippen LogP contribution is -2.39. The molecule has 0 radical (unpaired) electrons. The van der Waals surface area contributed by atoms with Crippen molar-refractivity contribution in [2.24, 2.45) is 0 Å². The maximum atomic E-state index is 9.25. The van der Waals surface area contributed by atoms with Crippen LogP contribution in [-0.2, 0) is 6.54 Å². The first-order valence-corrected chi connectivity index (χ1v) is 8.58. The highest BCUT2D eigenvalue weighted by atomic mass is 35.5. The van der Waals surface area contributed by atoms with E-state index in [0.29, 0.717) is 30.0 Å². The second-order valence-corrected chi connectivity index (χ2v) is 6.49. The Bertz CT molecular complexity index is 507. The van der Waals surface area contributed by atoms with E-state index < -0.39 is 0 Å². The summed E-state index contributed by atoms with van der Waals surface area (Å²) < 4.78 is 11.4. The fourth-order valence-corrected chi connectivity index (χ4v) is 3.64. The van der Waals surface area contributed by atoms with Gasteiger partial charge in [-0.05, 0) is 43.5 Å². The van der Waals surface area contributed by atoms with Crippen molar-refractivity contribution in [1.82, 2.24) is 4.90 Å². The largest absolute Gasteiger partial charge is 0.489 e. The number of rotatable bonds is 4. The molecule has 1 unspecified atom stereocenters.